The van der Waals surface area contributed by atoms with Crippen LogP contribution < -0.4 is 11.1 Å². The fourth-order valence-electron chi connectivity index (χ4n) is 1.68. The van der Waals surface area contributed by atoms with Crippen LogP contribution in [0, 0.1) is 6.92 Å². The molecule has 0 unspecified atom stereocenters. The summed E-state index contributed by atoms with van der Waals surface area (Å²) in [6, 6.07) is 1.89. The van der Waals surface area contributed by atoms with Gasteiger partial charge >= 0.3 is 0 Å². The van der Waals surface area contributed by atoms with Gasteiger partial charge in [0.2, 0.25) is 0 Å². The molecule has 17 heavy (non-hydrogen) atoms. The van der Waals surface area contributed by atoms with Crippen molar-refractivity contribution in [2.24, 2.45) is 5.73 Å². The molecule has 4 nitrogen and oxygen atoms in total. The highest BCUT2D eigenvalue weighted by atomic mass is 32.1. The summed E-state index contributed by atoms with van der Waals surface area (Å²) in [5.41, 5.74) is 7.32. The number of nitrogens with one attached hydrogen (secondary N) is 1. The fraction of sp³-hybridized carbons (Fsp3) is 0.500. The summed E-state index contributed by atoms with van der Waals surface area (Å²) in [6.45, 7) is 6.60. The van der Waals surface area contributed by atoms with Crippen molar-refractivity contribution in [1.82, 2.24) is 4.98 Å². The summed E-state index contributed by atoms with van der Waals surface area (Å²) in [5, 5.41) is 3.31. The number of thiocarbonyl (C=S) groups is 1. The van der Waals surface area contributed by atoms with Gasteiger partial charge in [-0.15, -0.1) is 0 Å². The van der Waals surface area contributed by atoms with Crippen LogP contribution in [0.15, 0.2) is 12.3 Å². The molecule has 0 amide bonds. The first kappa shape index (κ1) is 13.9. The molecule has 5 heteroatoms. The molecule has 0 saturated carbocycles. The van der Waals surface area contributed by atoms with E-state index in [4.69, 9.17) is 22.7 Å². The minimum absolute atomic E-state index is 0.227. The van der Waals surface area contributed by atoms with E-state index in [1.807, 2.05) is 26.8 Å². The highest BCUT2D eigenvalue weighted by Crippen LogP contribution is 2.20. The van der Waals surface area contributed by atoms with Crippen LogP contribution in [0.1, 0.15) is 25.0 Å². The maximum atomic E-state index is 5.73. The van der Waals surface area contributed by atoms with Gasteiger partial charge in [-0.05, 0) is 32.4 Å². The van der Waals surface area contributed by atoms with Gasteiger partial charge in [0.15, 0.2) is 0 Å². The summed E-state index contributed by atoms with van der Waals surface area (Å²) in [4.78, 5) is 4.65. The van der Waals surface area contributed by atoms with Crippen LogP contribution in [0.4, 0.5) is 5.82 Å². The molecule has 0 atom stereocenters. The summed E-state index contributed by atoms with van der Waals surface area (Å²) in [5.74, 6) is 0.708. The number of pyridine rings is 1. The standard InChI is InChI=1S/C12H19N3OS/c1-8-5-6-14-11(9(8)10(13)17)15-12(2,3)7-16-4/h5-6H,7H2,1-4H3,(H2,13,17)(H,14,15). The normalized spacial score (nSPS) is 11.3. The summed E-state index contributed by atoms with van der Waals surface area (Å²) < 4.78 is 5.16. The van der Waals surface area contributed by atoms with Crippen molar-refractivity contribution in [3.63, 3.8) is 0 Å². The van der Waals surface area contributed by atoms with Crippen LogP contribution in [-0.4, -0.2) is 29.2 Å². The Morgan fingerprint density at radius 2 is 2.24 bits per heavy atom. The zero-order chi connectivity index (χ0) is 13.1. The first-order valence-corrected chi connectivity index (χ1v) is 5.81. The maximum Gasteiger partial charge on any atom is 0.136 e. The van der Waals surface area contributed by atoms with Crippen molar-refractivity contribution >= 4 is 23.0 Å². The van der Waals surface area contributed by atoms with Crippen molar-refractivity contribution in [2.75, 3.05) is 19.0 Å². The topological polar surface area (TPSA) is 60.2 Å². The third-order valence-electron chi connectivity index (χ3n) is 2.37. The zero-order valence-corrected chi connectivity index (χ0v) is 11.5. The van der Waals surface area contributed by atoms with Crippen molar-refractivity contribution < 1.29 is 4.74 Å². The Balaban J connectivity index is 3.06. The number of hydrogen-bond acceptors (Lipinski definition) is 4. The largest absolute Gasteiger partial charge is 0.389 e. The molecule has 0 aliphatic carbocycles. The second-order valence-electron chi connectivity index (χ2n) is 4.66. The number of nitrogens with two attached hydrogens (primary N) is 1. The van der Waals surface area contributed by atoms with Gasteiger partial charge in [-0.2, -0.15) is 0 Å². The molecule has 0 aliphatic rings. The van der Waals surface area contributed by atoms with E-state index in [1.54, 1.807) is 13.3 Å². The monoisotopic (exact) mass is 253 g/mol. The molecule has 3 N–H and O–H groups in total. The quantitative estimate of drug-likeness (QED) is 0.784. The lowest BCUT2D eigenvalue weighted by molar-refractivity contribution is 0.158. The second kappa shape index (κ2) is 5.42. The molecule has 0 fully saturated rings. The number of nitrogens with zero attached hydrogens (tertiary/aromatic N) is 1. The highest BCUT2D eigenvalue weighted by molar-refractivity contribution is 7.80. The minimum Gasteiger partial charge on any atom is -0.389 e. The van der Waals surface area contributed by atoms with E-state index in [-0.39, 0.29) is 5.54 Å². The van der Waals surface area contributed by atoms with Gasteiger partial charge in [0.1, 0.15) is 10.8 Å². The van der Waals surface area contributed by atoms with Crippen molar-refractivity contribution in [1.29, 1.82) is 0 Å². The number of anilines is 1. The van der Waals surface area contributed by atoms with Crippen LogP contribution >= 0.6 is 12.2 Å². The zero-order valence-electron chi connectivity index (χ0n) is 10.7. The molecule has 1 aromatic heterocycles. The van der Waals surface area contributed by atoms with Crippen LogP contribution in [0.3, 0.4) is 0 Å². The summed E-state index contributed by atoms with van der Waals surface area (Å²) in [6.07, 6.45) is 1.74. The average Bonchev–Trinajstić information content (AvgIpc) is 2.15. The number of methoxy groups -OCH3 is 1. The lowest BCUT2D eigenvalue weighted by Gasteiger charge is -2.27. The molecule has 0 aromatic carbocycles. The van der Waals surface area contributed by atoms with Crippen molar-refractivity contribution in [3.05, 3.63) is 23.4 Å². The van der Waals surface area contributed by atoms with Crippen LogP contribution in [-0.2, 0) is 4.74 Å². The average molecular weight is 253 g/mol. The van der Waals surface area contributed by atoms with E-state index in [0.717, 1.165) is 11.1 Å². The van der Waals surface area contributed by atoms with E-state index in [2.05, 4.69) is 10.3 Å². The Morgan fingerprint density at radius 1 is 1.59 bits per heavy atom. The molecule has 0 saturated heterocycles. The van der Waals surface area contributed by atoms with E-state index in [9.17, 15) is 0 Å². The molecule has 1 aromatic rings. The molecular formula is C12H19N3OS. The third kappa shape index (κ3) is 3.64. The molecule has 1 heterocycles. The Labute approximate surface area is 108 Å². The Kier molecular flexibility index (Phi) is 4.42. The van der Waals surface area contributed by atoms with Crippen LogP contribution in [0.25, 0.3) is 0 Å². The minimum atomic E-state index is -0.227. The van der Waals surface area contributed by atoms with Gasteiger partial charge in [-0.25, -0.2) is 4.98 Å². The van der Waals surface area contributed by atoms with Gasteiger partial charge < -0.3 is 15.8 Å². The third-order valence-corrected chi connectivity index (χ3v) is 2.57. The Hall–Kier alpha value is -1.20. The number of hydrogen-bond donors (Lipinski definition) is 2. The summed E-state index contributed by atoms with van der Waals surface area (Å²) in [7, 11) is 1.67. The first-order valence-electron chi connectivity index (χ1n) is 5.40. The second-order valence-corrected chi connectivity index (χ2v) is 5.10. The SMILES string of the molecule is COCC(C)(C)Nc1nccc(C)c1C(N)=S. The van der Waals surface area contributed by atoms with E-state index >= 15 is 0 Å². The molecule has 0 spiro atoms. The van der Waals surface area contributed by atoms with Gasteiger partial charge in [0.25, 0.3) is 0 Å². The predicted octanol–water partition coefficient (Wildman–Crippen LogP) is 1.86. The van der Waals surface area contributed by atoms with Crippen LogP contribution in [0.2, 0.25) is 0 Å². The smallest absolute Gasteiger partial charge is 0.136 e. The lowest BCUT2D eigenvalue weighted by atomic mass is 10.1. The maximum absolute atomic E-state index is 5.73. The number of aryl methyl sites for hydroxylation is 1. The number of aromatic nitrogens is 1. The van der Waals surface area contributed by atoms with Gasteiger partial charge in [-0.3, -0.25) is 0 Å². The van der Waals surface area contributed by atoms with Gasteiger partial charge in [-0.1, -0.05) is 12.2 Å². The summed E-state index contributed by atoms with van der Waals surface area (Å²) >= 11 is 5.06. The lowest BCUT2D eigenvalue weighted by Crippen LogP contribution is -2.37. The predicted molar refractivity (Wildman–Crippen MR) is 74.4 cm³/mol. The van der Waals surface area contributed by atoms with E-state index in [1.165, 1.54) is 0 Å². The molecule has 0 bridgehead atoms. The molecular weight excluding hydrogens is 234 g/mol. The molecule has 94 valence electrons. The Morgan fingerprint density at radius 3 is 2.76 bits per heavy atom. The Bertz CT molecular complexity index is 418. The fourth-order valence-corrected chi connectivity index (χ4v) is 1.94. The van der Waals surface area contributed by atoms with Gasteiger partial charge in [0.05, 0.1) is 17.7 Å². The van der Waals surface area contributed by atoms with Crippen LogP contribution in [0.5, 0.6) is 0 Å². The number of ether oxygens (including phenoxy) is 1. The highest BCUT2D eigenvalue weighted by Gasteiger charge is 2.20. The number of rotatable bonds is 5. The molecule has 0 radical (unpaired) electrons. The van der Waals surface area contributed by atoms with E-state index in [0.29, 0.717) is 17.4 Å². The molecule has 0 aliphatic heterocycles. The van der Waals surface area contributed by atoms with Crippen molar-refractivity contribution in [2.45, 2.75) is 26.3 Å². The first-order chi connectivity index (χ1) is 7.87. The van der Waals surface area contributed by atoms with Gasteiger partial charge in [0, 0.05) is 13.3 Å². The van der Waals surface area contributed by atoms with Crippen molar-refractivity contribution in [3.8, 4) is 0 Å². The van der Waals surface area contributed by atoms with E-state index < -0.39 is 0 Å². The molecule has 1 rings (SSSR count).